The van der Waals surface area contributed by atoms with E-state index in [2.05, 4.69) is 20.9 Å². The summed E-state index contributed by atoms with van der Waals surface area (Å²) in [6.07, 6.45) is -1.27. The van der Waals surface area contributed by atoms with Gasteiger partial charge in [0.25, 0.3) is 6.43 Å². The highest BCUT2D eigenvalue weighted by Crippen LogP contribution is 2.30. The molecule has 3 nitrogen and oxygen atoms in total. The molecule has 0 atom stereocenters. The van der Waals surface area contributed by atoms with Gasteiger partial charge in [-0.1, -0.05) is 15.9 Å². The molecule has 15 heavy (non-hydrogen) atoms. The van der Waals surface area contributed by atoms with E-state index in [1.807, 2.05) is 6.07 Å². The Morgan fingerprint density at radius 3 is 2.73 bits per heavy atom. The summed E-state index contributed by atoms with van der Waals surface area (Å²) in [5.74, 6) is -0.180. The van der Waals surface area contributed by atoms with Gasteiger partial charge in [0.15, 0.2) is 0 Å². The summed E-state index contributed by atoms with van der Waals surface area (Å²) in [6.45, 7) is 0. The van der Waals surface area contributed by atoms with Gasteiger partial charge in [0.2, 0.25) is 0 Å². The summed E-state index contributed by atoms with van der Waals surface area (Å²) in [5.41, 5.74) is 5.94. The molecule has 0 aliphatic carbocycles. The van der Waals surface area contributed by atoms with Gasteiger partial charge >= 0.3 is 0 Å². The third-order valence-corrected chi connectivity index (χ3v) is 2.53. The summed E-state index contributed by atoms with van der Waals surface area (Å²) in [4.78, 5) is 3.65. The molecule has 0 amide bonds. The Kier molecular flexibility index (Phi) is 3.97. The number of hydrogen-bond acceptors (Lipinski definition) is 3. The Bertz CT molecular complexity index is 401. The number of aromatic nitrogens is 1. The lowest BCUT2D eigenvalue weighted by molar-refractivity contribution is 0.151. The molecule has 1 rings (SSSR count). The van der Waals surface area contributed by atoms with Gasteiger partial charge in [-0.15, -0.1) is 0 Å². The van der Waals surface area contributed by atoms with Crippen LogP contribution >= 0.6 is 15.9 Å². The monoisotopic (exact) mass is 275 g/mol. The van der Waals surface area contributed by atoms with Gasteiger partial charge in [-0.25, -0.2) is 13.8 Å². The van der Waals surface area contributed by atoms with Gasteiger partial charge in [0, 0.05) is 11.5 Å². The first-order valence-electron chi connectivity index (χ1n) is 4.09. The molecule has 1 aromatic heterocycles. The van der Waals surface area contributed by atoms with Crippen LogP contribution in [0, 0.1) is 11.3 Å². The van der Waals surface area contributed by atoms with Crippen molar-refractivity contribution in [3.8, 4) is 6.07 Å². The first kappa shape index (κ1) is 11.9. The summed E-state index contributed by atoms with van der Waals surface area (Å²) in [6, 6.07) is 1.90. The zero-order valence-electron chi connectivity index (χ0n) is 7.67. The number of alkyl halides is 3. The predicted octanol–water partition coefficient (Wildman–Crippen LogP) is 2.56. The van der Waals surface area contributed by atoms with E-state index in [4.69, 9.17) is 11.0 Å². The van der Waals surface area contributed by atoms with Crippen molar-refractivity contribution in [2.45, 2.75) is 18.2 Å². The van der Waals surface area contributed by atoms with Crippen LogP contribution in [0.3, 0.4) is 0 Å². The molecule has 0 saturated carbocycles. The molecule has 1 aromatic rings. The lowest BCUT2D eigenvalue weighted by Crippen LogP contribution is -2.06. The Morgan fingerprint density at radius 2 is 2.27 bits per heavy atom. The Balaban J connectivity index is 3.34. The number of rotatable bonds is 3. The van der Waals surface area contributed by atoms with Crippen LogP contribution in [0.2, 0.25) is 0 Å². The molecule has 6 heteroatoms. The van der Waals surface area contributed by atoms with Crippen LogP contribution < -0.4 is 5.73 Å². The minimum absolute atomic E-state index is 0.0495. The average molecular weight is 276 g/mol. The van der Waals surface area contributed by atoms with Crippen molar-refractivity contribution in [3.05, 3.63) is 22.9 Å². The number of anilines is 1. The van der Waals surface area contributed by atoms with E-state index in [1.54, 1.807) is 0 Å². The molecule has 0 saturated heterocycles. The van der Waals surface area contributed by atoms with E-state index in [1.165, 1.54) is 6.20 Å². The third-order valence-electron chi connectivity index (χ3n) is 1.97. The van der Waals surface area contributed by atoms with E-state index in [9.17, 15) is 8.78 Å². The molecular formula is C9H8BrF2N3. The van der Waals surface area contributed by atoms with E-state index >= 15 is 0 Å². The number of nitrogen functional groups attached to an aromatic ring is 1. The van der Waals surface area contributed by atoms with Gasteiger partial charge in [-0.3, -0.25) is 0 Å². The molecule has 2 N–H and O–H groups in total. The fourth-order valence-electron chi connectivity index (χ4n) is 1.26. The van der Waals surface area contributed by atoms with Crippen LogP contribution in [-0.2, 0) is 11.8 Å². The van der Waals surface area contributed by atoms with Gasteiger partial charge < -0.3 is 5.73 Å². The highest BCUT2D eigenvalue weighted by Gasteiger charge is 2.19. The van der Waals surface area contributed by atoms with Crippen LogP contribution in [0.5, 0.6) is 0 Å². The highest BCUT2D eigenvalue weighted by molar-refractivity contribution is 9.08. The van der Waals surface area contributed by atoms with Crippen molar-refractivity contribution >= 4 is 21.7 Å². The third kappa shape index (κ3) is 2.42. The van der Waals surface area contributed by atoms with Crippen LogP contribution in [0.4, 0.5) is 14.6 Å². The average Bonchev–Trinajstić information content (AvgIpc) is 2.19. The SMILES string of the molecule is N#CCc1cnc(N)c(C(F)F)c1CBr. The second-order valence-corrected chi connectivity index (χ2v) is 3.39. The predicted molar refractivity (Wildman–Crippen MR) is 55.6 cm³/mol. The van der Waals surface area contributed by atoms with Crippen molar-refractivity contribution in [1.29, 1.82) is 5.26 Å². The van der Waals surface area contributed by atoms with Gasteiger partial charge in [0.05, 0.1) is 18.1 Å². The number of halogens is 3. The van der Waals surface area contributed by atoms with Gasteiger partial charge in [0.1, 0.15) is 5.82 Å². The molecule has 0 aliphatic rings. The minimum Gasteiger partial charge on any atom is -0.383 e. The second kappa shape index (κ2) is 5.03. The maximum absolute atomic E-state index is 12.7. The minimum atomic E-state index is -2.68. The summed E-state index contributed by atoms with van der Waals surface area (Å²) in [7, 11) is 0. The van der Waals surface area contributed by atoms with Crippen molar-refractivity contribution in [3.63, 3.8) is 0 Å². The fraction of sp³-hybridized carbons (Fsp3) is 0.333. The maximum atomic E-state index is 12.7. The van der Waals surface area contributed by atoms with E-state index in [0.717, 1.165) is 0 Å². The summed E-state index contributed by atoms with van der Waals surface area (Å²) in [5, 5.41) is 8.76. The quantitative estimate of drug-likeness (QED) is 0.863. The van der Waals surface area contributed by atoms with Crippen LogP contribution in [0.25, 0.3) is 0 Å². The molecule has 0 aromatic carbocycles. The fourth-order valence-corrected chi connectivity index (χ4v) is 1.92. The largest absolute Gasteiger partial charge is 0.383 e. The molecule has 1 heterocycles. The molecule has 0 unspecified atom stereocenters. The molecule has 0 radical (unpaired) electrons. The Morgan fingerprint density at radius 1 is 1.60 bits per heavy atom. The summed E-state index contributed by atoms with van der Waals surface area (Å²) >= 11 is 3.11. The van der Waals surface area contributed by atoms with Gasteiger partial charge in [-0.2, -0.15) is 5.26 Å². The molecule has 0 spiro atoms. The van der Waals surface area contributed by atoms with E-state index in [0.29, 0.717) is 11.1 Å². The number of pyridine rings is 1. The lowest BCUT2D eigenvalue weighted by atomic mass is 10.0. The standard InChI is InChI=1S/C9H8BrF2N3/c10-3-6-5(1-2-13)4-15-9(14)7(6)8(11)12/h4,8H,1,3H2,(H2,14,15). The van der Waals surface area contributed by atoms with Crippen molar-refractivity contribution < 1.29 is 8.78 Å². The van der Waals surface area contributed by atoms with Crippen LogP contribution in [-0.4, -0.2) is 4.98 Å². The topological polar surface area (TPSA) is 62.7 Å². The van der Waals surface area contributed by atoms with Crippen LogP contribution in [0.15, 0.2) is 6.20 Å². The number of nitrogens with zero attached hydrogens (tertiary/aromatic N) is 2. The summed E-state index contributed by atoms with van der Waals surface area (Å²) < 4.78 is 25.3. The molecule has 80 valence electrons. The first-order chi connectivity index (χ1) is 7.11. The van der Waals surface area contributed by atoms with Crippen LogP contribution in [0.1, 0.15) is 23.1 Å². The zero-order valence-corrected chi connectivity index (χ0v) is 9.26. The van der Waals surface area contributed by atoms with Crippen molar-refractivity contribution in [1.82, 2.24) is 4.98 Å². The van der Waals surface area contributed by atoms with Crippen molar-refractivity contribution in [2.24, 2.45) is 0 Å². The molecule has 0 fully saturated rings. The number of nitrogens with two attached hydrogens (primary N) is 1. The second-order valence-electron chi connectivity index (χ2n) is 2.83. The van der Waals surface area contributed by atoms with E-state index in [-0.39, 0.29) is 23.1 Å². The zero-order chi connectivity index (χ0) is 11.4. The first-order valence-corrected chi connectivity index (χ1v) is 5.21. The normalized spacial score (nSPS) is 10.3. The highest BCUT2D eigenvalue weighted by atomic mass is 79.9. The molecule has 0 bridgehead atoms. The van der Waals surface area contributed by atoms with Gasteiger partial charge in [-0.05, 0) is 11.1 Å². The lowest BCUT2D eigenvalue weighted by Gasteiger charge is -2.12. The maximum Gasteiger partial charge on any atom is 0.267 e. The Hall–Kier alpha value is -1.22. The number of nitriles is 1. The van der Waals surface area contributed by atoms with Crippen molar-refractivity contribution in [2.75, 3.05) is 5.73 Å². The van der Waals surface area contributed by atoms with E-state index < -0.39 is 6.43 Å². The Labute approximate surface area is 94.0 Å². The number of hydrogen-bond donors (Lipinski definition) is 1. The molecule has 0 aliphatic heterocycles. The smallest absolute Gasteiger partial charge is 0.267 e. The molecular weight excluding hydrogens is 268 g/mol.